The number of benzene rings is 1. The predicted octanol–water partition coefficient (Wildman–Crippen LogP) is 3.10. The second kappa shape index (κ2) is 6.01. The molecule has 1 aromatic rings. The zero-order valence-corrected chi connectivity index (χ0v) is 10.3. The highest BCUT2D eigenvalue weighted by Gasteiger charge is 2.23. The van der Waals surface area contributed by atoms with Crippen LogP contribution in [0.1, 0.15) is 31.0 Å². The number of nitrogens with one attached hydrogen (secondary N) is 1. The third-order valence-electron chi connectivity index (χ3n) is 3.45. The monoisotopic (exact) mass is 237 g/mol. The van der Waals surface area contributed by atoms with Crippen LogP contribution in [-0.4, -0.2) is 20.2 Å². The first kappa shape index (κ1) is 12.4. The molecule has 1 aromatic carbocycles. The number of methoxy groups -OCH3 is 1. The summed E-state index contributed by atoms with van der Waals surface area (Å²) in [6, 6.07) is 7.37. The Morgan fingerprint density at radius 1 is 1.35 bits per heavy atom. The summed E-state index contributed by atoms with van der Waals surface area (Å²) in [6.45, 7) is 1.94. The topological polar surface area (TPSA) is 21.3 Å². The van der Waals surface area contributed by atoms with Crippen molar-refractivity contribution in [2.75, 3.05) is 20.2 Å². The second-order valence-corrected chi connectivity index (χ2v) is 4.62. The lowest BCUT2D eigenvalue weighted by Gasteiger charge is -2.19. The SMILES string of the molecule is COc1cccc(C(F)C2CCCNCC2)c1. The zero-order valence-electron chi connectivity index (χ0n) is 10.3. The first-order valence-electron chi connectivity index (χ1n) is 6.30. The van der Waals surface area contributed by atoms with Gasteiger partial charge in [0.1, 0.15) is 11.9 Å². The molecule has 0 aromatic heterocycles. The highest BCUT2D eigenvalue weighted by Crippen LogP contribution is 2.33. The molecule has 1 N–H and O–H groups in total. The Bertz CT molecular complexity index is 348. The maximum Gasteiger partial charge on any atom is 0.128 e. The van der Waals surface area contributed by atoms with Crippen LogP contribution < -0.4 is 10.1 Å². The highest BCUT2D eigenvalue weighted by atomic mass is 19.1. The van der Waals surface area contributed by atoms with Gasteiger partial charge in [-0.25, -0.2) is 4.39 Å². The number of alkyl halides is 1. The van der Waals surface area contributed by atoms with Gasteiger partial charge in [0.2, 0.25) is 0 Å². The molecule has 2 nitrogen and oxygen atoms in total. The molecule has 0 amide bonds. The standard InChI is InChI=1S/C14H20FNO/c1-17-13-6-2-4-12(10-13)14(15)11-5-3-8-16-9-7-11/h2,4,6,10-11,14,16H,3,5,7-9H2,1H3. The molecule has 3 heteroatoms. The Morgan fingerprint density at radius 3 is 3.06 bits per heavy atom. The summed E-state index contributed by atoms with van der Waals surface area (Å²) in [5.74, 6) is 0.869. The Hall–Kier alpha value is -1.09. The van der Waals surface area contributed by atoms with Gasteiger partial charge in [-0.15, -0.1) is 0 Å². The van der Waals surface area contributed by atoms with Crippen LogP contribution in [0.5, 0.6) is 5.75 Å². The maximum atomic E-state index is 14.4. The van der Waals surface area contributed by atoms with Crippen molar-refractivity contribution in [2.24, 2.45) is 5.92 Å². The lowest BCUT2D eigenvalue weighted by molar-refractivity contribution is 0.214. The summed E-state index contributed by atoms with van der Waals surface area (Å²) in [5, 5.41) is 3.31. The van der Waals surface area contributed by atoms with Crippen molar-refractivity contribution in [3.05, 3.63) is 29.8 Å². The molecule has 0 saturated carbocycles. The molecule has 2 rings (SSSR count). The van der Waals surface area contributed by atoms with E-state index in [4.69, 9.17) is 4.74 Å². The molecular formula is C14H20FNO. The van der Waals surface area contributed by atoms with E-state index in [0.717, 1.165) is 43.7 Å². The second-order valence-electron chi connectivity index (χ2n) is 4.62. The lowest BCUT2D eigenvalue weighted by Crippen LogP contribution is -2.15. The lowest BCUT2D eigenvalue weighted by atomic mass is 9.91. The van der Waals surface area contributed by atoms with Crippen LogP contribution in [0.15, 0.2) is 24.3 Å². The number of hydrogen-bond acceptors (Lipinski definition) is 2. The average Bonchev–Trinajstić information content (AvgIpc) is 2.67. The molecule has 0 radical (unpaired) electrons. The van der Waals surface area contributed by atoms with E-state index in [2.05, 4.69) is 5.32 Å². The van der Waals surface area contributed by atoms with Gasteiger partial charge in [0.25, 0.3) is 0 Å². The van der Waals surface area contributed by atoms with Crippen molar-refractivity contribution < 1.29 is 9.13 Å². The Kier molecular flexibility index (Phi) is 4.37. The number of halogens is 1. The molecule has 1 heterocycles. The predicted molar refractivity (Wildman–Crippen MR) is 67.1 cm³/mol. The minimum atomic E-state index is -0.870. The summed E-state index contributed by atoms with van der Waals surface area (Å²) in [4.78, 5) is 0. The smallest absolute Gasteiger partial charge is 0.128 e. The Morgan fingerprint density at radius 2 is 2.24 bits per heavy atom. The molecule has 2 atom stereocenters. The van der Waals surface area contributed by atoms with E-state index < -0.39 is 6.17 Å². The van der Waals surface area contributed by atoms with Crippen LogP contribution in [0, 0.1) is 5.92 Å². The van der Waals surface area contributed by atoms with E-state index >= 15 is 0 Å². The first-order valence-corrected chi connectivity index (χ1v) is 6.30. The molecule has 94 valence electrons. The summed E-state index contributed by atoms with van der Waals surface area (Å²) in [5.41, 5.74) is 0.747. The van der Waals surface area contributed by atoms with E-state index in [1.54, 1.807) is 7.11 Å². The van der Waals surface area contributed by atoms with Crippen molar-refractivity contribution in [2.45, 2.75) is 25.4 Å². The van der Waals surface area contributed by atoms with Gasteiger partial charge in [-0.1, -0.05) is 12.1 Å². The fourth-order valence-electron chi connectivity index (χ4n) is 2.42. The zero-order chi connectivity index (χ0) is 12.1. The van der Waals surface area contributed by atoms with Crippen LogP contribution in [0.25, 0.3) is 0 Å². The molecule has 1 aliphatic rings. The minimum absolute atomic E-state index is 0.136. The summed E-state index contributed by atoms with van der Waals surface area (Å²) in [6.07, 6.45) is 2.07. The molecular weight excluding hydrogens is 217 g/mol. The molecule has 0 spiro atoms. The van der Waals surface area contributed by atoms with Crippen LogP contribution >= 0.6 is 0 Å². The molecule has 0 aliphatic carbocycles. The van der Waals surface area contributed by atoms with Crippen molar-refractivity contribution in [3.63, 3.8) is 0 Å². The van der Waals surface area contributed by atoms with Crippen LogP contribution in [0.4, 0.5) is 4.39 Å². The Labute approximate surface area is 102 Å². The van der Waals surface area contributed by atoms with Crippen molar-refractivity contribution in [1.29, 1.82) is 0 Å². The summed E-state index contributed by atoms with van der Waals surface area (Å²) >= 11 is 0. The molecule has 0 bridgehead atoms. The summed E-state index contributed by atoms with van der Waals surface area (Å²) < 4.78 is 19.6. The normalized spacial score (nSPS) is 22.8. The number of rotatable bonds is 3. The van der Waals surface area contributed by atoms with Crippen molar-refractivity contribution in [3.8, 4) is 5.75 Å². The minimum Gasteiger partial charge on any atom is -0.497 e. The Balaban J connectivity index is 2.08. The fraction of sp³-hybridized carbons (Fsp3) is 0.571. The number of ether oxygens (including phenoxy) is 1. The van der Waals surface area contributed by atoms with E-state index in [-0.39, 0.29) is 5.92 Å². The van der Waals surface area contributed by atoms with Crippen LogP contribution in [0.2, 0.25) is 0 Å². The van der Waals surface area contributed by atoms with Crippen LogP contribution in [0.3, 0.4) is 0 Å². The van der Waals surface area contributed by atoms with E-state index in [9.17, 15) is 4.39 Å². The third kappa shape index (κ3) is 3.19. The quantitative estimate of drug-likeness (QED) is 0.872. The summed E-state index contributed by atoms with van der Waals surface area (Å²) in [7, 11) is 1.61. The third-order valence-corrected chi connectivity index (χ3v) is 3.45. The largest absolute Gasteiger partial charge is 0.497 e. The van der Waals surface area contributed by atoms with E-state index in [1.165, 1.54) is 0 Å². The molecule has 1 saturated heterocycles. The average molecular weight is 237 g/mol. The van der Waals surface area contributed by atoms with Gasteiger partial charge in [0.15, 0.2) is 0 Å². The van der Waals surface area contributed by atoms with Gasteiger partial charge in [0.05, 0.1) is 7.11 Å². The molecule has 17 heavy (non-hydrogen) atoms. The van der Waals surface area contributed by atoms with Crippen LogP contribution in [-0.2, 0) is 0 Å². The maximum absolute atomic E-state index is 14.4. The van der Waals surface area contributed by atoms with Gasteiger partial charge < -0.3 is 10.1 Å². The van der Waals surface area contributed by atoms with Gasteiger partial charge in [0, 0.05) is 0 Å². The molecule has 1 aliphatic heterocycles. The van der Waals surface area contributed by atoms with Gasteiger partial charge in [-0.05, 0) is 56.0 Å². The highest BCUT2D eigenvalue weighted by molar-refractivity contribution is 5.30. The van der Waals surface area contributed by atoms with Crippen molar-refractivity contribution >= 4 is 0 Å². The first-order chi connectivity index (χ1) is 8.31. The molecule has 2 unspecified atom stereocenters. The van der Waals surface area contributed by atoms with E-state index in [0.29, 0.717) is 0 Å². The van der Waals surface area contributed by atoms with Crippen molar-refractivity contribution in [1.82, 2.24) is 5.32 Å². The van der Waals surface area contributed by atoms with Gasteiger partial charge in [-0.2, -0.15) is 0 Å². The molecule has 1 fully saturated rings. The van der Waals surface area contributed by atoms with Gasteiger partial charge >= 0.3 is 0 Å². The number of hydrogen-bond donors (Lipinski definition) is 1. The fourth-order valence-corrected chi connectivity index (χ4v) is 2.42. The van der Waals surface area contributed by atoms with E-state index in [1.807, 2.05) is 24.3 Å². The van der Waals surface area contributed by atoms with Gasteiger partial charge in [-0.3, -0.25) is 0 Å².